The first-order chi connectivity index (χ1) is 5.79. The normalized spacial score (nSPS) is 15.6. The van der Waals surface area contributed by atoms with Crippen LogP contribution >= 0.6 is 23.1 Å². The van der Waals surface area contributed by atoms with E-state index in [1.54, 1.807) is 23.1 Å². The zero-order valence-electron chi connectivity index (χ0n) is 6.72. The first kappa shape index (κ1) is 8.13. The van der Waals surface area contributed by atoms with Crippen molar-refractivity contribution in [1.82, 2.24) is 0 Å². The Balaban J connectivity index is 2.34. The molecular weight excluding hydrogens is 190 g/mol. The lowest BCUT2D eigenvalue weighted by Gasteiger charge is -2.10. The number of thioether (sulfide) groups is 1. The number of aryl methyl sites for hydroxylation is 1. The molecule has 4 heteroatoms. The minimum absolute atomic E-state index is 0.118. The van der Waals surface area contributed by atoms with Crippen LogP contribution in [0.3, 0.4) is 0 Å². The fourth-order valence-corrected chi connectivity index (χ4v) is 3.22. The first-order valence-corrected chi connectivity index (χ1v) is 5.65. The number of carbonyl (C=O) groups is 1. The number of fused-ring (bicyclic) bond motifs is 1. The molecule has 0 fully saturated rings. The summed E-state index contributed by atoms with van der Waals surface area (Å²) in [5, 5.41) is 2.87. The van der Waals surface area contributed by atoms with Crippen LogP contribution in [0.5, 0.6) is 0 Å². The van der Waals surface area contributed by atoms with Crippen LogP contribution in [-0.2, 0) is 11.2 Å². The maximum Gasteiger partial charge on any atom is 0.234 e. The topological polar surface area (TPSA) is 29.1 Å². The maximum atomic E-state index is 11.0. The van der Waals surface area contributed by atoms with E-state index in [0.29, 0.717) is 5.75 Å². The maximum absolute atomic E-state index is 11.0. The summed E-state index contributed by atoms with van der Waals surface area (Å²) in [6, 6.07) is 2.07. The molecule has 1 aliphatic rings. The van der Waals surface area contributed by atoms with Crippen LogP contribution in [0, 0.1) is 0 Å². The number of nitrogens with one attached hydrogen (secondary N) is 1. The van der Waals surface area contributed by atoms with Crippen LogP contribution in [0.2, 0.25) is 0 Å². The van der Waals surface area contributed by atoms with Crippen molar-refractivity contribution in [3.8, 4) is 0 Å². The second-order valence-corrected chi connectivity index (χ2v) is 4.99. The molecule has 1 aromatic heterocycles. The number of hydrogen-bond donors (Lipinski definition) is 1. The molecule has 0 saturated carbocycles. The summed E-state index contributed by atoms with van der Waals surface area (Å²) < 4.78 is 1.26. The van der Waals surface area contributed by atoms with Gasteiger partial charge in [-0.3, -0.25) is 4.79 Å². The van der Waals surface area contributed by atoms with Crippen molar-refractivity contribution in [2.45, 2.75) is 17.6 Å². The van der Waals surface area contributed by atoms with Gasteiger partial charge in [0.1, 0.15) is 0 Å². The van der Waals surface area contributed by atoms with Crippen molar-refractivity contribution in [3.63, 3.8) is 0 Å². The summed E-state index contributed by atoms with van der Waals surface area (Å²) in [5.41, 5.74) is 1.01. The predicted octanol–water partition coefficient (Wildman–Crippen LogP) is 2.35. The predicted molar refractivity (Wildman–Crippen MR) is 53.1 cm³/mol. The average Bonchev–Trinajstić information content (AvgIpc) is 2.46. The second kappa shape index (κ2) is 3.11. The molecule has 2 nitrogen and oxygen atoms in total. The number of rotatable bonds is 1. The molecule has 2 rings (SSSR count). The lowest BCUT2D eigenvalue weighted by molar-refractivity contribution is -0.113. The van der Waals surface area contributed by atoms with Crippen LogP contribution in [0.1, 0.15) is 11.8 Å². The summed E-state index contributed by atoms with van der Waals surface area (Å²) in [4.78, 5) is 12.3. The summed E-state index contributed by atoms with van der Waals surface area (Å²) in [6.45, 7) is 2.13. The van der Waals surface area contributed by atoms with E-state index < -0.39 is 0 Å². The number of thiophene rings is 1. The second-order valence-electron chi connectivity index (χ2n) is 2.60. The van der Waals surface area contributed by atoms with Gasteiger partial charge in [0.15, 0.2) is 0 Å². The summed E-state index contributed by atoms with van der Waals surface area (Å²) in [6.07, 6.45) is 1.05. The Morgan fingerprint density at radius 3 is 3.25 bits per heavy atom. The van der Waals surface area contributed by atoms with E-state index in [-0.39, 0.29) is 5.91 Å². The molecule has 64 valence electrons. The van der Waals surface area contributed by atoms with Gasteiger partial charge in [-0.15, -0.1) is 23.1 Å². The minimum Gasteiger partial charge on any atom is -0.324 e. The van der Waals surface area contributed by atoms with Gasteiger partial charge in [0.25, 0.3) is 0 Å². The highest BCUT2D eigenvalue weighted by molar-refractivity contribution is 8.02. The molecular formula is C8H9NOS2. The summed E-state index contributed by atoms with van der Waals surface area (Å²) >= 11 is 3.43. The first-order valence-electron chi connectivity index (χ1n) is 3.85. The molecule has 0 spiro atoms. The van der Waals surface area contributed by atoms with Gasteiger partial charge in [0, 0.05) is 4.88 Å². The zero-order valence-corrected chi connectivity index (χ0v) is 8.35. The van der Waals surface area contributed by atoms with Gasteiger partial charge in [-0.2, -0.15) is 0 Å². The molecule has 0 unspecified atom stereocenters. The van der Waals surface area contributed by atoms with Gasteiger partial charge >= 0.3 is 0 Å². The van der Waals surface area contributed by atoms with Crippen molar-refractivity contribution in [1.29, 1.82) is 0 Å². The van der Waals surface area contributed by atoms with Crippen LogP contribution < -0.4 is 5.32 Å². The van der Waals surface area contributed by atoms with E-state index in [2.05, 4.69) is 18.3 Å². The van der Waals surface area contributed by atoms with Gasteiger partial charge < -0.3 is 5.32 Å². The Bertz CT molecular complexity index is 319. The standard InChI is InChI=1S/C8H9NOS2/c1-2-5-3-6-8(12-5)11-4-7(10)9-6/h3H,2,4H2,1H3,(H,9,10). The van der Waals surface area contributed by atoms with Crippen molar-refractivity contribution < 1.29 is 4.79 Å². The van der Waals surface area contributed by atoms with Crippen LogP contribution in [0.25, 0.3) is 0 Å². The highest BCUT2D eigenvalue weighted by Crippen LogP contribution is 2.38. The molecule has 2 heterocycles. The number of hydrogen-bond acceptors (Lipinski definition) is 3. The number of anilines is 1. The largest absolute Gasteiger partial charge is 0.324 e. The quantitative estimate of drug-likeness (QED) is 0.752. The molecule has 0 aliphatic carbocycles. The van der Waals surface area contributed by atoms with E-state index >= 15 is 0 Å². The van der Waals surface area contributed by atoms with E-state index in [1.165, 1.54) is 9.09 Å². The highest BCUT2D eigenvalue weighted by atomic mass is 32.2. The highest BCUT2D eigenvalue weighted by Gasteiger charge is 2.17. The number of amides is 1. The molecule has 0 aromatic carbocycles. The monoisotopic (exact) mass is 199 g/mol. The van der Waals surface area contributed by atoms with Gasteiger partial charge in [-0.05, 0) is 12.5 Å². The lowest BCUT2D eigenvalue weighted by atomic mass is 10.3. The fourth-order valence-electron chi connectivity index (χ4n) is 1.11. The van der Waals surface area contributed by atoms with Crippen molar-refractivity contribution in [2.75, 3.05) is 11.1 Å². The van der Waals surface area contributed by atoms with Gasteiger partial charge in [0.2, 0.25) is 5.91 Å². The third-order valence-corrected chi connectivity index (χ3v) is 4.27. The van der Waals surface area contributed by atoms with Crippen LogP contribution in [0.4, 0.5) is 5.69 Å². The number of carbonyl (C=O) groups excluding carboxylic acids is 1. The van der Waals surface area contributed by atoms with Crippen molar-refractivity contribution in [2.24, 2.45) is 0 Å². The zero-order chi connectivity index (χ0) is 8.55. The van der Waals surface area contributed by atoms with E-state index in [1.807, 2.05) is 0 Å². The van der Waals surface area contributed by atoms with Crippen molar-refractivity contribution >= 4 is 34.7 Å². The third kappa shape index (κ3) is 1.36. The SMILES string of the molecule is CCc1cc2c(s1)SCC(=O)N2. The molecule has 1 N–H and O–H groups in total. The van der Waals surface area contributed by atoms with E-state index in [9.17, 15) is 4.79 Å². The van der Waals surface area contributed by atoms with E-state index in [4.69, 9.17) is 0 Å². The lowest BCUT2D eigenvalue weighted by Crippen LogP contribution is -2.17. The smallest absolute Gasteiger partial charge is 0.234 e. The van der Waals surface area contributed by atoms with E-state index in [0.717, 1.165) is 12.1 Å². The van der Waals surface area contributed by atoms with Gasteiger partial charge in [-0.25, -0.2) is 0 Å². The molecule has 0 bridgehead atoms. The summed E-state index contributed by atoms with van der Waals surface area (Å²) in [5.74, 6) is 0.685. The Morgan fingerprint density at radius 1 is 1.67 bits per heavy atom. The Labute approximate surface area is 79.4 Å². The fraction of sp³-hybridized carbons (Fsp3) is 0.375. The van der Waals surface area contributed by atoms with Gasteiger partial charge in [-0.1, -0.05) is 6.92 Å². The summed E-state index contributed by atoms with van der Waals surface area (Å²) in [7, 11) is 0. The molecule has 0 radical (unpaired) electrons. The van der Waals surface area contributed by atoms with Gasteiger partial charge in [0.05, 0.1) is 15.6 Å². The molecule has 12 heavy (non-hydrogen) atoms. The average molecular weight is 199 g/mol. The minimum atomic E-state index is 0.118. The molecule has 1 amide bonds. The molecule has 0 atom stereocenters. The van der Waals surface area contributed by atoms with Crippen LogP contribution in [-0.4, -0.2) is 11.7 Å². The molecule has 1 aliphatic heterocycles. The third-order valence-electron chi connectivity index (χ3n) is 1.71. The molecule has 1 aromatic rings. The Hall–Kier alpha value is -0.480. The molecule has 0 saturated heterocycles. The Kier molecular flexibility index (Phi) is 2.11. The van der Waals surface area contributed by atoms with Crippen LogP contribution in [0.15, 0.2) is 10.3 Å². The Morgan fingerprint density at radius 2 is 2.50 bits per heavy atom. The van der Waals surface area contributed by atoms with Crippen molar-refractivity contribution in [3.05, 3.63) is 10.9 Å².